The summed E-state index contributed by atoms with van der Waals surface area (Å²) in [6, 6.07) is 10.3. The standard InChI is InChI=1S/C8H7N.BrH.Mg/c1-2-4-8-7(3-1)5-6-9-8;;/h1-6,9H;1H;/q;;+2/p-1. The van der Waals surface area contributed by atoms with E-state index in [9.17, 15) is 0 Å². The molecule has 52 valence electrons. The van der Waals surface area contributed by atoms with Crippen LogP contribution in [-0.4, -0.2) is 28.0 Å². The minimum absolute atomic E-state index is 0. The van der Waals surface area contributed by atoms with Gasteiger partial charge in [0.05, 0.1) is 0 Å². The van der Waals surface area contributed by atoms with E-state index in [-0.39, 0.29) is 40.0 Å². The van der Waals surface area contributed by atoms with Crippen LogP contribution < -0.4 is 17.0 Å². The number of fused-ring (bicyclic) bond motifs is 1. The van der Waals surface area contributed by atoms with Gasteiger partial charge in [-0.25, -0.2) is 0 Å². The average molecular weight is 221 g/mol. The van der Waals surface area contributed by atoms with E-state index >= 15 is 0 Å². The fourth-order valence-electron chi connectivity index (χ4n) is 0.995. The van der Waals surface area contributed by atoms with E-state index in [0.29, 0.717) is 0 Å². The van der Waals surface area contributed by atoms with Crippen LogP contribution in [0.25, 0.3) is 10.9 Å². The Labute approximate surface area is 92.1 Å². The van der Waals surface area contributed by atoms with Gasteiger partial charge in [-0.2, -0.15) is 0 Å². The van der Waals surface area contributed by atoms with Gasteiger partial charge in [0.1, 0.15) is 0 Å². The first-order valence-corrected chi connectivity index (χ1v) is 2.99. The van der Waals surface area contributed by atoms with Gasteiger partial charge < -0.3 is 22.0 Å². The zero-order valence-corrected chi connectivity index (χ0v) is 9.05. The molecule has 1 nitrogen and oxygen atoms in total. The number of hydrogen-bond acceptors (Lipinski definition) is 0. The molecule has 0 radical (unpaired) electrons. The number of aromatic amines is 1. The maximum Gasteiger partial charge on any atom is 2.00 e. The Morgan fingerprint density at radius 1 is 1.00 bits per heavy atom. The van der Waals surface area contributed by atoms with Crippen molar-refractivity contribution in [3.05, 3.63) is 36.5 Å². The van der Waals surface area contributed by atoms with E-state index in [1.54, 1.807) is 0 Å². The summed E-state index contributed by atoms with van der Waals surface area (Å²) >= 11 is 0. The molecule has 0 bridgehead atoms. The summed E-state index contributed by atoms with van der Waals surface area (Å²) in [4.78, 5) is 3.12. The van der Waals surface area contributed by atoms with Crippen molar-refractivity contribution in [2.45, 2.75) is 0 Å². The van der Waals surface area contributed by atoms with Crippen molar-refractivity contribution in [3.63, 3.8) is 0 Å². The predicted molar refractivity (Wildman–Crippen MR) is 44.1 cm³/mol. The monoisotopic (exact) mass is 220 g/mol. The molecule has 1 N–H and O–H groups in total. The summed E-state index contributed by atoms with van der Waals surface area (Å²) < 4.78 is 0. The van der Waals surface area contributed by atoms with Gasteiger partial charge in [-0.1, -0.05) is 18.2 Å². The molecule has 11 heavy (non-hydrogen) atoms. The smallest absolute Gasteiger partial charge is 1.00 e. The van der Waals surface area contributed by atoms with Gasteiger partial charge in [-0.3, -0.25) is 0 Å². The summed E-state index contributed by atoms with van der Waals surface area (Å²) in [5.74, 6) is 0. The van der Waals surface area contributed by atoms with Gasteiger partial charge >= 0.3 is 23.1 Å². The molecule has 1 aromatic carbocycles. The van der Waals surface area contributed by atoms with Crippen LogP contribution in [0.1, 0.15) is 0 Å². The summed E-state index contributed by atoms with van der Waals surface area (Å²) in [6.07, 6.45) is 1.95. The third-order valence-corrected chi connectivity index (χ3v) is 1.46. The van der Waals surface area contributed by atoms with E-state index in [1.165, 1.54) is 10.9 Å². The van der Waals surface area contributed by atoms with Gasteiger partial charge in [-0.15, -0.1) is 0 Å². The summed E-state index contributed by atoms with van der Waals surface area (Å²) in [5, 5.41) is 1.28. The molecule has 0 atom stereocenters. The normalized spacial score (nSPS) is 8.36. The minimum atomic E-state index is 0. The molecule has 2 rings (SSSR count). The molecule has 1 aromatic heterocycles. The molecule has 0 unspecified atom stereocenters. The first-order chi connectivity index (χ1) is 4.47. The fourth-order valence-corrected chi connectivity index (χ4v) is 0.995. The molecule has 0 amide bonds. The molecule has 3 heteroatoms. The van der Waals surface area contributed by atoms with E-state index in [1.807, 2.05) is 18.3 Å². The second-order valence-electron chi connectivity index (χ2n) is 2.06. The van der Waals surface area contributed by atoms with E-state index in [4.69, 9.17) is 0 Å². The number of nitrogens with one attached hydrogen (secondary N) is 1. The SMILES string of the molecule is [Br-].[Mg+2].c1ccc2[nH]ccc2c1. The Bertz CT molecular complexity index is 288. The van der Waals surface area contributed by atoms with Crippen molar-refractivity contribution in [1.29, 1.82) is 0 Å². The van der Waals surface area contributed by atoms with Gasteiger partial charge in [0.15, 0.2) is 0 Å². The zero-order valence-electron chi connectivity index (χ0n) is 6.05. The molecule has 0 aliphatic carbocycles. The van der Waals surface area contributed by atoms with Gasteiger partial charge in [0, 0.05) is 11.7 Å². The van der Waals surface area contributed by atoms with Crippen LogP contribution in [0.2, 0.25) is 0 Å². The maximum absolute atomic E-state index is 3.12. The second kappa shape index (κ2) is 4.80. The number of benzene rings is 1. The van der Waals surface area contributed by atoms with Gasteiger partial charge in [0.2, 0.25) is 0 Å². The van der Waals surface area contributed by atoms with Crippen LogP contribution in [-0.2, 0) is 0 Å². The first-order valence-electron chi connectivity index (χ1n) is 2.99. The van der Waals surface area contributed by atoms with Gasteiger partial charge in [0.25, 0.3) is 0 Å². The molecule has 0 spiro atoms. The Balaban J connectivity index is 0.000000500. The number of halogens is 1. The fraction of sp³-hybridized carbons (Fsp3) is 0. The Hall–Kier alpha value is 0.00623. The van der Waals surface area contributed by atoms with Crippen molar-refractivity contribution in [3.8, 4) is 0 Å². The molecule has 0 aliphatic heterocycles. The van der Waals surface area contributed by atoms with Crippen molar-refractivity contribution in [2.24, 2.45) is 0 Å². The summed E-state index contributed by atoms with van der Waals surface area (Å²) in [7, 11) is 0. The molecular weight excluding hydrogens is 214 g/mol. The van der Waals surface area contributed by atoms with Crippen molar-refractivity contribution < 1.29 is 17.0 Å². The van der Waals surface area contributed by atoms with Crippen LogP contribution in [0.4, 0.5) is 0 Å². The molecule has 0 saturated heterocycles. The number of aromatic nitrogens is 1. The first kappa shape index (κ1) is 11.0. The topological polar surface area (TPSA) is 15.8 Å². The Kier molecular flexibility index (Phi) is 4.80. The quantitative estimate of drug-likeness (QED) is 0.538. The molecule has 2 aromatic rings. The maximum atomic E-state index is 3.12. The molecule has 1 heterocycles. The largest absolute Gasteiger partial charge is 2.00 e. The molecular formula is C8H7BrMgN+. The summed E-state index contributed by atoms with van der Waals surface area (Å²) in [6.45, 7) is 0. The second-order valence-corrected chi connectivity index (χ2v) is 2.06. The Morgan fingerprint density at radius 3 is 2.45 bits per heavy atom. The van der Waals surface area contributed by atoms with Gasteiger partial charge in [-0.05, 0) is 17.5 Å². The van der Waals surface area contributed by atoms with Crippen molar-refractivity contribution >= 4 is 34.0 Å². The summed E-state index contributed by atoms with van der Waals surface area (Å²) in [5.41, 5.74) is 1.21. The van der Waals surface area contributed by atoms with Crippen LogP contribution >= 0.6 is 0 Å². The van der Waals surface area contributed by atoms with Crippen LogP contribution in [0.5, 0.6) is 0 Å². The number of rotatable bonds is 0. The van der Waals surface area contributed by atoms with E-state index < -0.39 is 0 Å². The number of H-pyrrole nitrogens is 1. The third kappa shape index (κ3) is 2.22. The Morgan fingerprint density at radius 2 is 1.73 bits per heavy atom. The molecule has 0 fully saturated rings. The third-order valence-electron chi connectivity index (χ3n) is 1.46. The molecule has 0 aliphatic rings. The van der Waals surface area contributed by atoms with E-state index in [0.717, 1.165) is 0 Å². The van der Waals surface area contributed by atoms with Crippen LogP contribution in [0.15, 0.2) is 36.5 Å². The van der Waals surface area contributed by atoms with E-state index in [2.05, 4.69) is 23.2 Å². The zero-order chi connectivity index (χ0) is 6.10. The van der Waals surface area contributed by atoms with Crippen molar-refractivity contribution in [1.82, 2.24) is 4.98 Å². The van der Waals surface area contributed by atoms with Crippen molar-refractivity contribution in [2.75, 3.05) is 0 Å². The minimum Gasteiger partial charge on any atom is -1.00 e. The predicted octanol–water partition coefficient (Wildman–Crippen LogP) is -1.21. The number of hydrogen-bond donors (Lipinski definition) is 1. The van der Waals surface area contributed by atoms with Crippen LogP contribution in [0, 0.1) is 0 Å². The average Bonchev–Trinajstić information content (AvgIpc) is 2.33. The van der Waals surface area contributed by atoms with Crippen LogP contribution in [0.3, 0.4) is 0 Å². The number of para-hydroxylation sites is 1. The molecule has 0 saturated carbocycles.